The monoisotopic (exact) mass is 265 g/mol. The first-order valence-electron chi connectivity index (χ1n) is 6.56. The fraction of sp³-hybridized carbons (Fsp3) is 0.235. The molecule has 2 aromatic carbocycles. The van der Waals surface area contributed by atoms with Crippen LogP contribution >= 0.6 is 0 Å². The van der Waals surface area contributed by atoms with Crippen molar-refractivity contribution < 1.29 is 9.47 Å². The van der Waals surface area contributed by atoms with Gasteiger partial charge in [0.1, 0.15) is 18.0 Å². The van der Waals surface area contributed by atoms with Crippen LogP contribution in [0.3, 0.4) is 0 Å². The van der Waals surface area contributed by atoms with E-state index in [0.29, 0.717) is 12.2 Å². The van der Waals surface area contributed by atoms with Gasteiger partial charge in [0, 0.05) is 0 Å². The van der Waals surface area contributed by atoms with E-state index >= 15 is 0 Å². The Bertz CT molecular complexity index is 634. The Morgan fingerprint density at radius 3 is 2.15 bits per heavy atom. The molecule has 0 bridgehead atoms. The summed E-state index contributed by atoms with van der Waals surface area (Å²) in [5.41, 5.74) is 2.78. The van der Waals surface area contributed by atoms with Crippen molar-refractivity contribution in [3.8, 4) is 22.9 Å². The van der Waals surface area contributed by atoms with Gasteiger partial charge in [-0.05, 0) is 42.3 Å². The molecule has 1 heterocycles. The van der Waals surface area contributed by atoms with Crippen LogP contribution in [0.1, 0.15) is 12.5 Å². The lowest BCUT2D eigenvalue weighted by molar-refractivity contribution is 0.202. The van der Waals surface area contributed by atoms with E-state index in [1.807, 2.05) is 55.5 Å². The summed E-state index contributed by atoms with van der Waals surface area (Å²) >= 11 is 0. The van der Waals surface area contributed by atoms with Gasteiger partial charge in [-0.2, -0.15) is 5.26 Å². The Hall–Kier alpha value is -2.31. The smallest absolute Gasteiger partial charge is 0.123 e. The van der Waals surface area contributed by atoms with E-state index in [2.05, 4.69) is 6.07 Å². The average Bonchev–Trinajstić information content (AvgIpc) is 3.24. The summed E-state index contributed by atoms with van der Waals surface area (Å²) in [5, 5.41) is 8.79. The van der Waals surface area contributed by atoms with E-state index in [4.69, 9.17) is 14.7 Å². The molecule has 0 spiro atoms. The number of ether oxygens (including phenoxy) is 2. The number of rotatable bonds is 4. The zero-order valence-electron chi connectivity index (χ0n) is 11.3. The molecule has 3 nitrogen and oxygen atoms in total. The Morgan fingerprint density at radius 2 is 1.65 bits per heavy atom. The summed E-state index contributed by atoms with van der Waals surface area (Å²) < 4.78 is 11.0. The molecule has 20 heavy (non-hydrogen) atoms. The first-order valence-corrected chi connectivity index (χ1v) is 6.56. The van der Waals surface area contributed by atoms with Gasteiger partial charge in [-0.15, -0.1) is 0 Å². The highest BCUT2D eigenvalue weighted by molar-refractivity contribution is 5.64. The summed E-state index contributed by atoms with van der Waals surface area (Å²) in [6, 6.07) is 17.6. The number of nitrogens with zero attached hydrogens (tertiary/aromatic N) is 1. The Labute approximate surface area is 118 Å². The largest absolute Gasteiger partial charge is 0.491 e. The van der Waals surface area contributed by atoms with Gasteiger partial charge in [0.2, 0.25) is 0 Å². The fourth-order valence-corrected chi connectivity index (χ4v) is 1.92. The van der Waals surface area contributed by atoms with Crippen molar-refractivity contribution in [2.24, 2.45) is 0 Å². The summed E-state index contributed by atoms with van der Waals surface area (Å²) in [6.07, 6.45) is 0. The maximum absolute atomic E-state index is 8.79. The van der Waals surface area contributed by atoms with E-state index in [-0.39, 0.29) is 5.60 Å². The lowest BCUT2D eigenvalue weighted by Gasteiger charge is -2.09. The molecule has 1 aliphatic heterocycles. The van der Waals surface area contributed by atoms with E-state index < -0.39 is 0 Å². The summed E-state index contributed by atoms with van der Waals surface area (Å²) in [7, 11) is 0. The molecule has 0 aliphatic carbocycles. The van der Waals surface area contributed by atoms with Crippen LogP contribution in [0.4, 0.5) is 0 Å². The van der Waals surface area contributed by atoms with Gasteiger partial charge in [-0.3, -0.25) is 0 Å². The van der Waals surface area contributed by atoms with Crippen molar-refractivity contribution in [1.29, 1.82) is 5.26 Å². The van der Waals surface area contributed by atoms with Crippen LogP contribution in [-0.4, -0.2) is 18.8 Å². The molecule has 3 heteroatoms. The molecule has 0 N–H and O–H groups in total. The van der Waals surface area contributed by atoms with Crippen LogP contribution in [0, 0.1) is 11.3 Å². The first-order chi connectivity index (χ1) is 9.68. The van der Waals surface area contributed by atoms with Gasteiger partial charge in [0.05, 0.1) is 18.2 Å². The second-order valence-corrected chi connectivity index (χ2v) is 5.24. The lowest BCUT2D eigenvalue weighted by Crippen LogP contribution is -2.16. The van der Waals surface area contributed by atoms with Crippen LogP contribution in [0.25, 0.3) is 11.1 Å². The summed E-state index contributed by atoms with van der Waals surface area (Å²) in [5.74, 6) is 0.846. The first kappa shape index (κ1) is 12.7. The standard InChI is InChI=1S/C17H15NO2/c1-17(12-20-17)11-19-16-8-6-15(7-9-16)14-4-2-13(10-18)3-5-14/h2-9H,11-12H2,1H3. The van der Waals surface area contributed by atoms with E-state index in [9.17, 15) is 0 Å². The molecule has 3 rings (SSSR count). The highest BCUT2D eigenvalue weighted by Crippen LogP contribution is 2.28. The quantitative estimate of drug-likeness (QED) is 0.796. The van der Waals surface area contributed by atoms with E-state index in [0.717, 1.165) is 23.5 Å². The van der Waals surface area contributed by atoms with Crippen molar-refractivity contribution in [2.45, 2.75) is 12.5 Å². The van der Waals surface area contributed by atoms with Crippen LogP contribution in [-0.2, 0) is 4.74 Å². The van der Waals surface area contributed by atoms with Crippen molar-refractivity contribution in [3.05, 3.63) is 54.1 Å². The minimum absolute atomic E-state index is 0.0915. The van der Waals surface area contributed by atoms with Crippen molar-refractivity contribution in [1.82, 2.24) is 0 Å². The predicted octanol–water partition coefficient (Wildman–Crippen LogP) is 3.39. The molecule has 1 saturated heterocycles. The van der Waals surface area contributed by atoms with Crippen molar-refractivity contribution >= 4 is 0 Å². The minimum atomic E-state index is -0.0915. The Balaban J connectivity index is 1.70. The lowest BCUT2D eigenvalue weighted by atomic mass is 10.0. The second-order valence-electron chi connectivity index (χ2n) is 5.24. The molecule has 1 fully saturated rings. The molecule has 2 aromatic rings. The van der Waals surface area contributed by atoms with Crippen LogP contribution in [0.5, 0.6) is 5.75 Å². The van der Waals surface area contributed by atoms with Gasteiger partial charge < -0.3 is 9.47 Å². The maximum Gasteiger partial charge on any atom is 0.123 e. The molecular weight excluding hydrogens is 250 g/mol. The Morgan fingerprint density at radius 1 is 1.10 bits per heavy atom. The predicted molar refractivity (Wildman–Crippen MR) is 76.4 cm³/mol. The molecule has 1 unspecified atom stereocenters. The second kappa shape index (κ2) is 4.99. The van der Waals surface area contributed by atoms with Crippen LogP contribution in [0.15, 0.2) is 48.5 Å². The summed E-state index contributed by atoms with van der Waals surface area (Å²) in [6.45, 7) is 3.40. The number of benzene rings is 2. The molecule has 0 radical (unpaired) electrons. The highest BCUT2D eigenvalue weighted by Gasteiger charge is 2.40. The molecule has 0 amide bonds. The highest BCUT2D eigenvalue weighted by atomic mass is 16.6. The molecule has 0 saturated carbocycles. The average molecular weight is 265 g/mol. The van der Waals surface area contributed by atoms with Gasteiger partial charge >= 0.3 is 0 Å². The summed E-state index contributed by atoms with van der Waals surface area (Å²) in [4.78, 5) is 0. The zero-order valence-corrected chi connectivity index (χ0v) is 11.3. The molecule has 1 atom stereocenters. The SMILES string of the molecule is CC1(COc2ccc(-c3ccc(C#N)cc3)cc2)CO1. The fourth-order valence-electron chi connectivity index (χ4n) is 1.92. The van der Waals surface area contributed by atoms with Gasteiger partial charge in [0.25, 0.3) is 0 Å². The minimum Gasteiger partial charge on any atom is -0.491 e. The Kier molecular flexibility index (Phi) is 3.17. The molecule has 1 aliphatic rings. The third-order valence-corrected chi connectivity index (χ3v) is 3.38. The van der Waals surface area contributed by atoms with Gasteiger partial charge in [-0.25, -0.2) is 0 Å². The molecule has 0 aromatic heterocycles. The number of epoxide rings is 1. The van der Waals surface area contributed by atoms with Gasteiger partial charge in [0.15, 0.2) is 0 Å². The van der Waals surface area contributed by atoms with E-state index in [1.165, 1.54) is 0 Å². The van der Waals surface area contributed by atoms with Crippen LogP contribution in [0.2, 0.25) is 0 Å². The third kappa shape index (κ3) is 2.81. The van der Waals surface area contributed by atoms with Crippen molar-refractivity contribution in [2.75, 3.05) is 13.2 Å². The van der Waals surface area contributed by atoms with Crippen molar-refractivity contribution in [3.63, 3.8) is 0 Å². The normalized spacial score (nSPS) is 20.2. The molecular formula is C17H15NO2. The maximum atomic E-state index is 8.79. The van der Waals surface area contributed by atoms with E-state index in [1.54, 1.807) is 0 Å². The topological polar surface area (TPSA) is 45.5 Å². The molecule has 100 valence electrons. The number of nitriles is 1. The zero-order chi connectivity index (χ0) is 14.0. The number of hydrogen-bond acceptors (Lipinski definition) is 3. The number of hydrogen-bond donors (Lipinski definition) is 0. The van der Waals surface area contributed by atoms with Crippen LogP contribution < -0.4 is 4.74 Å². The third-order valence-electron chi connectivity index (χ3n) is 3.38. The van der Waals surface area contributed by atoms with Gasteiger partial charge in [-0.1, -0.05) is 24.3 Å².